The van der Waals surface area contributed by atoms with Gasteiger partial charge in [-0.2, -0.15) is 0 Å². The van der Waals surface area contributed by atoms with Crippen LogP contribution in [0.5, 0.6) is 0 Å². The minimum absolute atomic E-state index is 0.102. The first-order chi connectivity index (χ1) is 9.92. The monoisotopic (exact) mass is 324 g/mol. The zero-order valence-electron chi connectivity index (χ0n) is 13.5. The van der Waals surface area contributed by atoms with Crippen LogP contribution in [0.3, 0.4) is 0 Å². The molecular weight excluding hydrogens is 303 g/mol. The highest BCUT2D eigenvalue weighted by Gasteiger charge is 2.51. The van der Waals surface area contributed by atoms with Crippen molar-refractivity contribution in [3.05, 3.63) is 29.8 Å². The van der Waals surface area contributed by atoms with E-state index in [0.717, 1.165) is 6.26 Å². The molecule has 0 radical (unpaired) electrons. The van der Waals surface area contributed by atoms with E-state index in [1.54, 1.807) is 0 Å². The molecule has 22 heavy (non-hydrogen) atoms. The maximum absolute atomic E-state index is 12.3. The molecule has 1 heterocycles. The number of hydrogen-bond acceptors (Lipinski definition) is 5. The molecule has 1 aromatic rings. The van der Waals surface area contributed by atoms with Crippen LogP contribution in [0, 0.1) is 0 Å². The Morgan fingerprint density at radius 1 is 1.05 bits per heavy atom. The van der Waals surface area contributed by atoms with Crippen molar-refractivity contribution in [2.75, 3.05) is 6.26 Å². The molecule has 0 N–H and O–H groups in total. The van der Waals surface area contributed by atoms with E-state index >= 15 is 0 Å². The molecule has 0 saturated carbocycles. The van der Waals surface area contributed by atoms with Crippen molar-refractivity contribution in [1.82, 2.24) is 0 Å². The minimum atomic E-state index is -3.26. The van der Waals surface area contributed by atoms with Gasteiger partial charge in [-0.05, 0) is 39.8 Å². The number of ketones is 1. The van der Waals surface area contributed by atoms with Crippen molar-refractivity contribution in [2.45, 2.75) is 50.1 Å². The summed E-state index contributed by atoms with van der Waals surface area (Å²) in [7, 11) is -3.85. The Kier molecular flexibility index (Phi) is 4.28. The van der Waals surface area contributed by atoms with Gasteiger partial charge in [-0.3, -0.25) is 4.79 Å². The number of rotatable bonds is 4. The lowest BCUT2D eigenvalue weighted by molar-refractivity contribution is 0.00578. The zero-order chi connectivity index (χ0) is 16.8. The minimum Gasteiger partial charge on any atom is -0.403 e. The average molecular weight is 324 g/mol. The highest BCUT2D eigenvalue weighted by Crippen LogP contribution is 2.37. The van der Waals surface area contributed by atoms with Crippen LogP contribution in [0.4, 0.5) is 0 Å². The number of hydrogen-bond donors (Lipinski definition) is 0. The molecule has 5 nitrogen and oxygen atoms in total. The van der Waals surface area contributed by atoms with Gasteiger partial charge in [0, 0.05) is 18.1 Å². The molecule has 0 spiro atoms. The number of sulfone groups is 1. The molecule has 0 amide bonds. The summed E-state index contributed by atoms with van der Waals surface area (Å²) in [5.41, 5.74) is -0.502. The Bertz CT molecular complexity index is 660. The van der Waals surface area contributed by atoms with Crippen LogP contribution in [0.2, 0.25) is 6.32 Å². The summed E-state index contributed by atoms with van der Waals surface area (Å²) in [6.45, 7) is 7.72. The smallest absolute Gasteiger partial charge is 0.403 e. The second-order valence-electron chi connectivity index (χ2n) is 6.61. The second-order valence-corrected chi connectivity index (χ2v) is 8.63. The van der Waals surface area contributed by atoms with E-state index in [1.807, 2.05) is 27.7 Å². The highest BCUT2D eigenvalue weighted by molar-refractivity contribution is 7.90. The molecular formula is C15H21BO5S. The third-order valence-electron chi connectivity index (χ3n) is 4.26. The van der Waals surface area contributed by atoms with E-state index in [9.17, 15) is 13.2 Å². The van der Waals surface area contributed by atoms with Gasteiger partial charge in [0.2, 0.25) is 0 Å². The van der Waals surface area contributed by atoms with E-state index in [1.165, 1.54) is 24.3 Å². The van der Waals surface area contributed by atoms with E-state index in [-0.39, 0.29) is 17.0 Å². The Hall–Kier alpha value is -1.18. The Balaban J connectivity index is 2.08. The van der Waals surface area contributed by atoms with Crippen LogP contribution < -0.4 is 0 Å². The van der Waals surface area contributed by atoms with Gasteiger partial charge in [0.25, 0.3) is 0 Å². The van der Waals surface area contributed by atoms with E-state index < -0.39 is 28.2 Å². The van der Waals surface area contributed by atoms with Gasteiger partial charge >= 0.3 is 7.12 Å². The normalized spacial score (nSPS) is 20.1. The first-order valence-corrected chi connectivity index (χ1v) is 9.00. The fraction of sp³-hybridized carbons (Fsp3) is 0.533. The zero-order valence-corrected chi connectivity index (χ0v) is 14.4. The van der Waals surface area contributed by atoms with Gasteiger partial charge in [0.05, 0.1) is 16.1 Å². The molecule has 1 fully saturated rings. The van der Waals surface area contributed by atoms with Gasteiger partial charge in [-0.25, -0.2) is 8.42 Å². The molecule has 0 atom stereocenters. The average Bonchev–Trinajstić information content (AvgIpc) is 2.56. The molecule has 1 aromatic carbocycles. The lowest BCUT2D eigenvalue weighted by atomic mass is 9.80. The summed E-state index contributed by atoms with van der Waals surface area (Å²) in [6, 6.07) is 5.91. The van der Waals surface area contributed by atoms with Crippen molar-refractivity contribution >= 4 is 22.7 Å². The summed E-state index contributed by atoms with van der Waals surface area (Å²) in [4.78, 5) is 12.5. The molecule has 120 valence electrons. The van der Waals surface area contributed by atoms with Gasteiger partial charge in [-0.15, -0.1) is 0 Å². The summed E-state index contributed by atoms with van der Waals surface area (Å²) in [5, 5.41) is 0. The molecule has 2 rings (SSSR count). The van der Waals surface area contributed by atoms with E-state index in [2.05, 4.69) is 0 Å². The lowest BCUT2D eigenvalue weighted by Gasteiger charge is -2.32. The van der Waals surface area contributed by atoms with Crippen molar-refractivity contribution in [1.29, 1.82) is 0 Å². The third kappa shape index (κ3) is 3.42. The number of carbonyl (C=O) groups is 1. The first-order valence-electron chi connectivity index (χ1n) is 7.11. The standard InChI is InChI=1S/C15H21BO5S/c1-14(2)15(3,4)21-16(20-14)10-13(17)11-6-8-12(9-7-11)22(5,18)19/h6-9H,10H2,1-5H3. The van der Waals surface area contributed by atoms with Crippen molar-refractivity contribution in [3.63, 3.8) is 0 Å². The molecule has 0 aliphatic carbocycles. The van der Waals surface area contributed by atoms with Crippen LogP contribution in [0.1, 0.15) is 38.1 Å². The maximum Gasteiger partial charge on any atom is 0.465 e. The van der Waals surface area contributed by atoms with Gasteiger partial charge in [-0.1, -0.05) is 12.1 Å². The van der Waals surface area contributed by atoms with Crippen molar-refractivity contribution in [3.8, 4) is 0 Å². The fourth-order valence-corrected chi connectivity index (χ4v) is 2.84. The van der Waals surface area contributed by atoms with Crippen LogP contribution in [0.15, 0.2) is 29.2 Å². The van der Waals surface area contributed by atoms with Crippen LogP contribution >= 0.6 is 0 Å². The lowest BCUT2D eigenvalue weighted by Crippen LogP contribution is -2.41. The highest BCUT2D eigenvalue weighted by atomic mass is 32.2. The fourth-order valence-electron chi connectivity index (χ4n) is 2.21. The molecule has 0 aromatic heterocycles. The second kappa shape index (κ2) is 5.47. The van der Waals surface area contributed by atoms with Crippen LogP contribution in [-0.4, -0.2) is 38.8 Å². The van der Waals surface area contributed by atoms with E-state index in [0.29, 0.717) is 5.56 Å². The summed E-state index contributed by atoms with van der Waals surface area (Å²) < 4.78 is 34.4. The molecule has 0 unspecified atom stereocenters. The van der Waals surface area contributed by atoms with Gasteiger partial charge in [0.1, 0.15) is 0 Å². The predicted molar refractivity (Wildman–Crippen MR) is 84.8 cm³/mol. The topological polar surface area (TPSA) is 69.7 Å². The van der Waals surface area contributed by atoms with Gasteiger partial charge in [0.15, 0.2) is 15.6 Å². The van der Waals surface area contributed by atoms with Crippen LogP contribution in [-0.2, 0) is 19.1 Å². The molecule has 1 aliphatic rings. The van der Waals surface area contributed by atoms with Crippen molar-refractivity contribution < 1.29 is 22.5 Å². The Morgan fingerprint density at radius 2 is 1.50 bits per heavy atom. The first kappa shape index (κ1) is 17.2. The third-order valence-corrected chi connectivity index (χ3v) is 5.39. The Labute approximate surface area is 132 Å². The predicted octanol–water partition coefficient (Wildman–Crippen LogP) is 2.37. The number of carbonyl (C=O) groups excluding carboxylic acids is 1. The van der Waals surface area contributed by atoms with Crippen LogP contribution in [0.25, 0.3) is 0 Å². The summed E-state index contributed by atoms with van der Waals surface area (Å²) in [6.07, 6.45) is 1.24. The quantitative estimate of drug-likeness (QED) is 0.628. The van der Waals surface area contributed by atoms with E-state index in [4.69, 9.17) is 9.31 Å². The maximum atomic E-state index is 12.3. The largest absolute Gasteiger partial charge is 0.465 e. The molecule has 7 heteroatoms. The molecule has 1 saturated heterocycles. The summed E-state index contributed by atoms with van der Waals surface area (Å²) in [5.74, 6) is -0.140. The van der Waals surface area contributed by atoms with Crippen molar-refractivity contribution in [2.24, 2.45) is 0 Å². The van der Waals surface area contributed by atoms with Gasteiger partial charge < -0.3 is 9.31 Å². The SMILES string of the molecule is CC1(C)OB(CC(=O)c2ccc(S(C)(=O)=O)cc2)OC1(C)C. The Morgan fingerprint density at radius 3 is 1.91 bits per heavy atom. The summed E-state index contributed by atoms with van der Waals surface area (Å²) >= 11 is 0. The molecule has 0 bridgehead atoms. The number of benzene rings is 1. The molecule has 1 aliphatic heterocycles. The number of Topliss-reactive ketones (excluding diaryl/α,β-unsaturated/α-hetero) is 1.